The second-order valence-corrected chi connectivity index (χ2v) is 3.22. The molecular formula is C11H11FN2O2. The molecule has 4 nitrogen and oxygen atoms in total. The van der Waals surface area contributed by atoms with Gasteiger partial charge in [0.1, 0.15) is 12.4 Å². The van der Waals surface area contributed by atoms with E-state index in [1.54, 1.807) is 18.2 Å². The lowest BCUT2D eigenvalue weighted by Crippen LogP contribution is -1.94. The van der Waals surface area contributed by atoms with Crippen LogP contribution in [0, 0.1) is 0 Å². The molecule has 2 rings (SSSR count). The van der Waals surface area contributed by atoms with Crippen molar-refractivity contribution in [2.45, 2.75) is 6.67 Å². The number of anilines is 1. The monoisotopic (exact) mass is 222 g/mol. The van der Waals surface area contributed by atoms with Gasteiger partial charge >= 0.3 is 0 Å². The molecule has 0 fully saturated rings. The largest absolute Gasteiger partial charge is 0.496 e. The fourth-order valence-corrected chi connectivity index (χ4v) is 1.60. The van der Waals surface area contributed by atoms with E-state index in [1.807, 2.05) is 0 Å². The Hall–Kier alpha value is -2.04. The topological polar surface area (TPSA) is 61.3 Å². The van der Waals surface area contributed by atoms with E-state index in [-0.39, 0.29) is 5.88 Å². The number of methoxy groups -OCH3 is 1. The van der Waals surface area contributed by atoms with E-state index in [0.29, 0.717) is 22.4 Å². The number of benzene rings is 1. The highest BCUT2D eigenvalue weighted by Crippen LogP contribution is 2.34. The van der Waals surface area contributed by atoms with Crippen molar-refractivity contribution in [2.24, 2.45) is 0 Å². The van der Waals surface area contributed by atoms with Gasteiger partial charge in [-0.25, -0.2) is 4.39 Å². The SMILES string of the molecule is COc1cccc(-c2cnoc2N)c1CF. The van der Waals surface area contributed by atoms with Crippen molar-refractivity contribution in [2.75, 3.05) is 12.8 Å². The molecule has 5 heteroatoms. The summed E-state index contributed by atoms with van der Waals surface area (Å²) < 4.78 is 22.8. The summed E-state index contributed by atoms with van der Waals surface area (Å²) in [5.41, 5.74) is 7.25. The van der Waals surface area contributed by atoms with Crippen LogP contribution in [0.2, 0.25) is 0 Å². The molecule has 0 unspecified atom stereocenters. The van der Waals surface area contributed by atoms with E-state index in [2.05, 4.69) is 5.16 Å². The quantitative estimate of drug-likeness (QED) is 0.866. The summed E-state index contributed by atoms with van der Waals surface area (Å²) in [6.07, 6.45) is 1.46. The molecule has 0 saturated carbocycles. The van der Waals surface area contributed by atoms with Crippen molar-refractivity contribution in [3.63, 3.8) is 0 Å². The summed E-state index contributed by atoms with van der Waals surface area (Å²) in [7, 11) is 1.50. The molecule has 0 aliphatic heterocycles. The Kier molecular flexibility index (Phi) is 2.76. The van der Waals surface area contributed by atoms with E-state index in [4.69, 9.17) is 15.0 Å². The van der Waals surface area contributed by atoms with E-state index in [0.717, 1.165) is 0 Å². The molecule has 2 N–H and O–H groups in total. The van der Waals surface area contributed by atoms with Crippen LogP contribution in [0.5, 0.6) is 5.75 Å². The molecule has 0 atom stereocenters. The second kappa shape index (κ2) is 4.22. The first kappa shape index (κ1) is 10.5. The lowest BCUT2D eigenvalue weighted by molar-refractivity contribution is 0.394. The van der Waals surface area contributed by atoms with Gasteiger partial charge < -0.3 is 15.0 Å². The summed E-state index contributed by atoms with van der Waals surface area (Å²) >= 11 is 0. The van der Waals surface area contributed by atoms with E-state index < -0.39 is 6.67 Å². The van der Waals surface area contributed by atoms with Crippen molar-refractivity contribution in [1.82, 2.24) is 5.16 Å². The van der Waals surface area contributed by atoms with E-state index in [1.165, 1.54) is 13.3 Å². The zero-order valence-corrected chi connectivity index (χ0v) is 8.74. The number of alkyl halides is 1. The van der Waals surface area contributed by atoms with Crippen LogP contribution < -0.4 is 10.5 Å². The van der Waals surface area contributed by atoms with Crippen LogP contribution in [0.4, 0.5) is 10.3 Å². The normalized spacial score (nSPS) is 10.4. The molecule has 1 aromatic heterocycles. The molecule has 16 heavy (non-hydrogen) atoms. The van der Waals surface area contributed by atoms with Gasteiger partial charge in [0, 0.05) is 5.56 Å². The number of hydrogen-bond acceptors (Lipinski definition) is 4. The van der Waals surface area contributed by atoms with Crippen LogP contribution in [-0.2, 0) is 6.67 Å². The van der Waals surface area contributed by atoms with Gasteiger partial charge in [-0.2, -0.15) is 0 Å². The van der Waals surface area contributed by atoms with Crippen molar-refractivity contribution in [1.29, 1.82) is 0 Å². The van der Waals surface area contributed by atoms with Gasteiger partial charge in [-0.1, -0.05) is 17.3 Å². The Labute approximate surface area is 91.8 Å². The third-order valence-electron chi connectivity index (χ3n) is 2.38. The van der Waals surface area contributed by atoms with Gasteiger partial charge in [0.2, 0.25) is 5.88 Å². The van der Waals surface area contributed by atoms with Crippen LogP contribution in [0.25, 0.3) is 11.1 Å². The number of hydrogen-bond donors (Lipinski definition) is 1. The number of ether oxygens (including phenoxy) is 1. The third-order valence-corrected chi connectivity index (χ3v) is 2.38. The highest BCUT2D eigenvalue weighted by atomic mass is 19.1. The predicted molar refractivity (Wildman–Crippen MR) is 57.7 cm³/mol. The number of nitrogen functional groups attached to an aromatic ring is 1. The second-order valence-electron chi connectivity index (χ2n) is 3.22. The van der Waals surface area contributed by atoms with Crippen LogP contribution >= 0.6 is 0 Å². The summed E-state index contributed by atoms with van der Waals surface area (Å²) in [4.78, 5) is 0. The van der Waals surface area contributed by atoms with Crippen molar-refractivity contribution >= 4 is 5.88 Å². The molecular weight excluding hydrogens is 211 g/mol. The maximum absolute atomic E-state index is 13.0. The molecule has 1 heterocycles. The highest BCUT2D eigenvalue weighted by Gasteiger charge is 2.14. The first-order valence-electron chi connectivity index (χ1n) is 4.70. The maximum Gasteiger partial charge on any atom is 0.229 e. The van der Waals surface area contributed by atoms with E-state index in [9.17, 15) is 4.39 Å². The number of aromatic nitrogens is 1. The van der Waals surface area contributed by atoms with Crippen LogP contribution in [0.1, 0.15) is 5.56 Å². The van der Waals surface area contributed by atoms with Crippen LogP contribution in [-0.4, -0.2) is 12.3 Å². The van der Waals surface area contributed by atoms with Gasteiger partial charge in [0.05, 0.1) is 18.9 Å². The van der Waals surface area contributed by atoms with Gasteiger partial charge in [-0.05, 0) is 11.6 Å². The number of nitrogens with zero attached hydrogens (tertiary/aromatic N) is 1. The summed E-state index contributed by atoms with van der Waals surface area (Å²) in [6, 6.07) is 5.21. The van der Waals surface area contributed by atoms with E-state index >= 15 is 0 Å². The Morgan fingerprint density at radius 2 is 2.25 bits per heavy atom. The molecule has 0 radical (unpaired) electrons. The predicted octanol–water partition coefficient (Wildman–Crippen LogP) is 2.40. The summed E-state index contributed by atoms with van der Waals surface area (Å²) in [5.74, 6) is 0.656. The Bertz CT molecular complexity index is 496. The average Bonchev–Trinajstić information content (AvgIpc) is 2.74. The van der Waals surface area contributed by atoms with Crippen molar-refractivity contribution < 1.29 is 13.7 Å². The number of rotatable bonds is 3. The summed E-state index contributed by atoms with van der Waals surface area (Å²) in [5, 5.41) is 3.57. The Morgan fingerprint density at radius 3 is 2.81 bits per heavy atom. The molecule has 2 aromatic rings. The third kappa shape index (κ3) is 1.60. The van der Waals surface area contributed by atoms with Gasteiger partial charge in [0.15, 0.2) is 0 Å². The molecule has 0 aliphatic rings. The minimum absolute atomic E-state index is 0.169. The van der Waals surface area contributed by atoms with Gasteiger partial charge in [-0.15, -0.1) is 0 Å². The minimum Gasteiger partial charge on any atom is -0.496 e. The summed E-state index contributed by atoms with van der Waals surface area (Å²) in [6.45, 7) is -0.635. The Morgan fingerprint density at radius 1 is 1.44 bits per heavy atom. The van der Waals surface area contributed by atoms with Crippen molar-refractivity contribution in [3.8, 4) is 16.9 Å². The number of halogens is 1. The lowest BCUT2D eigenvalue weighted by atomic mass is 10.0. The standard InChI is InChI=1S/C11H11FN2O2/c1-15-10-4-2-3-7(8(10)5-12)9-6-14-16-11(9)13/h2-4,6H,5,13H2,1H3. The number of nitrogens with two attached hydrogens (primary N) is 1. The van der Waals surface area contributed by atoms with Crippen LogP contribution in [0.15, 0.2) is 28.9 Å². The molecule has 84 valence electrons. The molecule has 0 spiro atoms. The van der Waals surface area contributed by atoms with Gasteiger partial charge in [-0.3, -0.25) is 0 Å². The van der Waals surface area contributed by atoms with Crippen molar-refractivity contribution in [3.05, 3.63) is 30.0 Å². The molecule has 0 bridgehead atoms. The Balaban J connectivity index is 2.61. The fraction of sp³-hybridized carbons (Fsp3) is 0.182. The molecule has 0 amide bonds. The fourth-order valence-electron chi connectivity index (χ4n) is 1.60. The zero-order chi connectivity index (χ0) is 11.5. The zero-order valence-electron chi connectivity index (χ0n) is 8.74. The molecule has 0 saturated heterocycles. The van der Waals surface area contributed by atoms with Gasteiger partial charge in [0.25, 0.3) is 0 Å². The highest BCUT2D eigenvalue weighted by molar-refractivity contribution is 5.76. The minimum atomic E-state index is -0.635. The molecule has 0 aliphatic carbocycles. The molecule has 1 aromatic carbocycles. The first-order valence-corrected chi connectivity index (χ1v) is 4.70. The average molecular weight is 222 g/mol. The maximum atomic E-state index is 13.0. The lowest BCUT2D eigenvalue weighted by Gasteiger charge is -2.09. The van der Waals surface area contributed by atoms with Crippen LogP contribution in [0.3, 0.4) is 0 Å². The smallest absolute Gasteiger partial charge is 0.229 e. The first-order chi connectivity index (χ1) is 7.77.